The van der Waals surface area contributed by atoms with Crippen LogP contribution in [0.15, 0.2) is 54.6 Å². The molecule has 1 aliphatic rings. The molecule has 160 valence electrons. The minimum atomic E-state index is -0.521. The zero-order valence-corrected chi connectivity index (χ0v) is 18.5. The molecule has 1 aliphatic heterocycles. The number of nitrogens with zero attached hydrogens (tertiary/aromatic N) is 1. The van der Waals surface area contributed by atoms with Crippen molar-refractivity contribution in [2.45, 2.75) is 51.2 Å². The second-order valence-electron chi connectivity index (χ2n) is 7.52. The standard InChI is InChI=1S/C23H31N3O.2ClH/c24-22(16-19-9-4-3-5-10-19)23(27)25-17-20-11-8-12-21(15-20)18-26-13-6-1-2-7-14-26;;/h3-5,8-12,15,22H,1-2,6-7,13-14,16-18,24H2,(H,25,27);2*1H. The Bertz CT molecular complexity index is 719. The molecule has 0 spiro atoms. The lowest BCUT2D eigenvalue weighted by Gasteiger charge is -2.20. The van der Waals surface area contributed by atoms with Crippen molar-refractivity contribution in [3.63, 3.8) is 0 Å². The monoisotopic (exact) mass is 437 g/mol. The van der Waals surface area contributed by atoms with E-state index in [2.05, 4.69) is 34.5 Å². The predicted molar refractivity (Wildman–Crippen MR) is 125 cm³/mol. The number of hydrogen-bond acceptors (Lipinski definition) is 3. The molecule has 0 saturated carbocycles. The molecule has 4 nitrogen and oxygen atoms in total. The van der Waals surface area contributed by atoms with Gasteiger partial charge in [-0.2, -0.15) is 0 Å². The molecule has 0 aliphatic carbocycles. The third-order valence-corrected chi connectivity index (χ3v) is 5.20. The second-order valence-corrected chi connectivity index (χ2v) is 7.52. The molecule has 1 atom stereocenters. The van der Waals surface area contributed by atoms with E-state index in [-0.39, 0.29) is 30.7 Å². The van der Waals surface area contributed by atoms with Crippen LogP contribution in [0.1, 0.15) is 42.4 Å². The molecule has 1 heterocycles. The van der Waals surface area contributed by atoms with Gasteiger partial charge >= 0.3 is 0 Å². The minimum Gasteiger partial charge on any atom is -0.351 e. The molecule has 1 unspecified atom stereocenters. The van der Waals surface area contributed by atoms with Gasteiger partial charge in [0.15, 0.2) is 0 Å². The SMILES string of the molecule is Cl.Cl.NC(Cc1ccccc1)C(=O)NCc1cccc(CN2CCCCCC2)c1. The molecule has 1 fully saturated rings. The van der Waals surface area contributed by atoms with E-state index in [9.17, 15) is 4.79 Å². The number of halogens is 2. The summed E-state index contributed by atoms with van der Waals surface area (Å²) in [6.45, 7) is 3.90. The lowest BCUT2D eigenvalue weighted by atomic mass is 10.1. The minimum absolute atomic E-state index is 0. The van der Waals surface area contributed by atoms with Crippen molar-refractivity contribution < 1.29 is 4.79 Å². The van der Waals surface area contributed by atoms with Crippen LogP contribution in [0.3, 0.4) is 0 Å². The average molecular weight is 438 g/mol. The molecular weight excluding hydrogens is 405 g/mol. The topological polar surface area (TPSA) is 58.4 Å². The first kappa shape index (κ1) is 25.4. The number of carbonyl (C=O) groups is 1. The van der Waals surface area contributed by atoms with Gasteiger partial charge in [0, 0.05) is 13.1 Å². The van der Waals surface area contributed by atoms with Crippen LogP contribution in [0, 0.1) is 0 Å². The third-order valence-electron chi connectivity index (χ3n) is 5.20. The van der Waals surface area contributed by atoms with Gasteiger partial charge in [0.05, 0.1) is 6.04 Å². The maximum atomic E-state index is 12.3. The quantitative estimate of drug-likeness (QED) is 0.685. The first-order chi connectivity index (χ1) is 13.2. The van der Waals surface area contributed by atoms with Gasteiger partial charge in [-0.1, -0.05) is 67.4 Å². The molecular formula is C23H33Cl2N3O. The number of nitrogens with one attached hydrogen (secondary N) is 1. The fourth-order valence-corrected chi connectivity index (χ4v) is 3.67. The Balaban J connectivity index is 0.00000210. The third kappa shape index (κ3) is 8.75. The molecule has 2 aromatic rings. The van der Waals surface area contributed by atoms with Crippen molar-refractivity contribution in [3.05, 3.63) is 71.3 Å². The summed E-state index contributed by atoms with van der Waals surface area (Å²) < 4.78 is 0. The normalized spacial score (nSPS) is 15.3. The summed E-state index contributed by atoms with van der Waals surface area (Å²) in [5.74, 6) is -0.100. The van der Waals surface area contributed by atoms with Crippen LogP contribution in [0.4, 0.5) is 0 Å². The number of carbonyl (C=O) groups excluding carboxylic acids is 1. The van der Waals surface area contributed by atoms with Crippen molar-refractivity contribution in [3.8, 4) is 0 Å². The predicted octanol–water partition coefficient (Wildman–Crippen LogP) is 4.09. The Morgan fingerprint density at radius 1 is 0.897 bits per heavy atom. The summed E-state index contributed by atoms with van der Waals surface area (Å²) >= 11 is 0. The lowest BCUT2D eigenvalue weighted by molar-refractivity contribution is -0.122. The largest absolute Gasteiger partial charge is 0.351 e. The van der Waals surface area contributed by atoms with E-state index < -0.39 is 6.04 Å². The zero-order valence-electron chi connectivity index (χ0n) is 16.9. The number of nitrogens with two attached hydrogens (primary N) is 1. The number of benzene rings is 2. The fraction of sp³-hybridized carbons (Fsp3) is 0.435. The molecule has 0 radical (unpaired) electrons. The summed E-state index contributed by atoms with van der Waals surface area (Å²) in [5, 5.41) is 2.98. The summed E-state index contributed by atoms with van der Waals surface area (Å²) in [6, 6.07) is 17.9. The van der Waals surface area contributed by atoms with Gasteiger partial charge in [-0.25, -0.2) is 0 Å². The Morgan fingerprint density at radius 2 is 1.52 bits per heavy atom. The first-order valence-corrected chi connectivity index (χ1v) is 10.1. The highest BCUT2D eigenvalue weighted by Crippen LogP contribution is 2.14. The zero-order chi connectivity index (χ0) is 18.9. The van der Waals surface area contributed by atoms with Crippen molar-refractivity contribution in [1.82, 2.24) is 10.2 Å². The van der Waals surface area contributed by atoms with Gasteiger partial charge < -0.3 is 11.1 Å². The van der Waals surface area contributed by atoms with Crippen molar-refractivity contribution in [1.29, 1.82) is 0 Å². The van der Waals surface area contributed by atoms with Crippen LogP contribution in [0.25, 0.3) is 0 Å². The molecule has 1 amide bonds. The molecule has 0 aromatic heterocycles. The Labute approximate surface area is 187 Å². The summed E-state index contributed by atoms with van der Waals surface area (Å²) in [7, 11) is 0. The van der Waals surface area contributed by atoms with Crippen LogP contribution in [-0.4, -0.2) is 29.9 Å². The maximum Gasteiger partial charge on any atom is 0.237 e. The summed E-state index contributed by atoms with van der Waals surface area (Å²) in [5.41, 5.74) is 9.59. The van der Waals surface area contributed by atoms with E-state index in [1.54, 1.807) is 0 Å². The molecule has 2 aromatic carbocycles. The number of amides is 1. The molecule has 0 bridgehead atoms. The molecule has 29 heavy (non-hydrogen) atoms. The van der Waals surface area contributed by atoms with Crippen molar-refractivity contribution in [2.24, 2.45) is 5.73 Å². The van der Waals surface area contributed by atoms with Crippen molar-refractivity contribution in [2.75, 3.05) is 13.1 Å². The van der Waals surface area contributed by atoms with Crippen LogP contribution in [-0.2, 0) is 24.3 Å². The van der Waals surface area contributed by atoms with Gasteiger partial charge in [-0.15, -0.1) is 24.8 Å². The molecule has 6 heteroatoms. The van der Waals surface area contributed by atoms with Crippen LogP contribution in [0.2, 0.25) is 0 Å². The number of hydrogen-bond donors (Lipinski definition) is 2. The molecule has 3 rings (SSSR count). The van der Waals surface area contributed by atoms with Gasteiger partial charge in [0.1, 0.15) is 0 Å². The van der Waals surface area contributed by atoms with E-state index >= 15 is 0 Å². The summed E-state index contributed by atoms with van der Waals surface area (Å²) in [6.07, 6.45) is 5.86. The van der Waals surface area contributed by atoms with Crippen LogP contribution >= 0.6 is 24.8 Å². The lowest BCUT2D eigenvalue weighted by Crippen LogP contribution is -2.41. The van der Waals surface area contributed by atoms with Gasteiger partial charge in [-0.05, 0) is 49.0 Å². The van der Waals surface area contributed by atoms with Gasteiger partial charge in [0.2, 0.25) is 5.91 Å². The Morgan fingerprint density at radius 3 is 2.21 bits per heavy atom. The van der Waals surface area contributed by atoms with E-state index in [0.29, 0.717) is 13.0 Å². The number of rotatable bonds is 7. The molecule has 3 N–H and O–H groups in total. The van der Waals surface area contributed by atoms with Gasteiger partial charge in [0.25, 0.3) is 0 Å². The van der Waals surface area contributed by atoms with E-state index in [1.807, 2.05) is 30.3 Å². The highest BCUT2D eigenvalue weighted by Gasteiger charge is 2.14. The average Bonchev–Trinajstić information content (AvgIpc) is 2.96. The Hall–Kier alpha value is -1.59. The highest BCUT2D eigenvalue weighted by atomic mass is 35.5. The van der Waals surface area contributed by atoms with E-state index in [1.165, 1.54) is 44.3 Å². The first-order valence-electron chi connectivity index (χ1n) is 10.1. The molecule has 1 saturated heterocycles. The van der Waals surface area contributed by atoms with Crippen molar-refractivity contribution >= 4 is 30.7 Å². The van der Waals surface area contributed by atoms with E-state index in [0.717, 1.165) is 17.7 Å². The number of likely N-dealkylation sites (tertiary alicyclic amines) is 1. The highest BCUT2D eigenvalue weighted by molar-refractivity contribution is 5.85. The van der Waals surface area contributed by atoms with E-state index in [4.69, 9.17) is 5.73 Å². The van der Waals surface area contributed by atoms with Gasteiger partial charge in [-0.3, -0.25) is 9.69 Å². The summed E-state index contributed by atoms with van der Waals surface area (Å²) in [4.78, 5) is 14.9. The van der Waals surface area contributed by atoms with Crippen LogP contribution < -0.4 is 11.1 Å². The maximum absolute atomic E-state index is 12.3. The Kier molecular flexibility index (Phi) is 11.9. The second kappa shape index (κ2) is 13.6. The van der Waals surface area contributed by atoms with Crippen LogP contribution in [0.5, 0.6) is 0 Å². The fourth-order valence-electron chi connectivity index (χ4n) is 3.67. The smallest absolute Gasteiger partial charge is 0.237 e.